The number of hydrogen-bond acceptors (Lipinski definition) is 3. The van der Waals surface area contributed by atoms with Crippen molar-refractivity contribution in [1.82, 2.24) is 9.97 Å². The van der Waals surface area contributed by atoms with Crippen molar-refractivity contribution >= 4 is 17.4 Å². The summed E-state index contributed by atoms with van der Waals surface area (Å²) in [6.07, 6.45) is 3.28. The van der Waals surface area contributed by atoms with Gasteiger partial charge in [0, 0.05) is 18.0 Å². The third kappa shape index (κ3) is 1.83. The van der Waals surface area contributed by atoms with E-state index in [4.69, 9.17) is 17.3 Å². The van der Waals surface area contributed by atoms with E-state index in [0.717, 1.165) is 11.3 Å². The monoisotopic (exact) mass is 205 g/mol. The van der Waals surface area contributed by atoms with E-state index < -0.39 is 0 Å². The van der Waals surface area contributed by atoms with Crippen LogP contribution in [0.15, 0.2) is 36.7 Å². The number of halogens is 1. The molecule has 4 heteroatoms. The molecular weight excluding hydrogens is 198 g/mol. The highest BCUT2D eigenvalue weighted by Gasteiger charge is 2.00. The number of rotatable bonds is 1. The van der Waals surface area contributed by atoms with Crippen LogP contribution in [0, 0.1) is 0 Å². The predicted octanol–water partition coefficient (Wildman–Crippen LogP) is 2.38. The lowest BCUT2D eigenvalue weighted by Gasteiger charge is -2.01. The predicted molar refractivity (Wildman–Crippen MR) is 56.9 cm³/mol. The first-order chi connectivity index (χ1) is 6.75. The van der Waals surface area contributed by atoms with E-state index >= 15 is 0 Å². The number of hydrogen-bond donors (Lipinski definition) is 1. The zero-order valence-electron chi connectivity index (χ0n) is 7.31. The van der Waals surface area contributed by atoms with Crippen LogP contribution in [0.2, 0.25) is 5.02 Å². The minimum atomic E-state index is 0.488. The number of aromatic nitrogens is 2. The lowest BCUT2D eigenvalue weighted by atomic mass is 10.2. The van der Waals surface area contributed by atoms with Crippen LogP contribution in [0.1, 0.15) is 0 Å². The molecule has 70 valence electrons. The van der Waals surface area contributed by atoms with Gasteiger partial charge in [0.2, 0.25) is 0 Å². The Hall–Kier alpha value is -1.61. The fourth-order valence-corrected chi connectivity index (χ4v) is 1.34. The molecule has 0 saturated carbocycles. The second-order valence-corrected chi connectivity index (χ2v) is 3.28. The van der Waals surface area contributed by atoms with Crippen molar-refractivity contribution in [1.29, 1.82) is 0 Å². The Balaban J connectivity index is 2.49. The Morgan fingerprint density at radius 3 is 2.79 bits per heavy atom. The maximum Gasteiger partial charge on any atom is 0.124 e. The Kier molecular flexibility index (Phi) is 2.33. The van der Waals surface area contributed by atoms with E-state index in [-0.39, 0.29) is 0 Å². The molecule has 0 bridgehead atoms. The van der Waals surface area contributed by atoms with Crippen molar-refractivity contribution in [3.63, 3.8) is 0 Å². The molecule has 0 saturated heterocycles. The number of pyridine rings is 2. The molecule has 0 radical (unpaired) electrons. The minimum Gasteiger partial charge on any atom is -0.384 e. The Morgan fingerprint density at radius 1 is 1.21 bits per heavy atom. The molecule has 2 rings (SSSR count). The molecule has 14 heavy (non-hydrogen) atoms. The fourth-order valence-electron chi connectivity index (χ4n) is 1.16. The number of nitrogens with two attached hydrogens (primary N) is 1. The van der Waals surface area contributed by atoms with Gasteiger partial charge in [0.05, 0.1) is 10.7 Å². The first-order valence-corrected chi connectivity index (χ1v) is 4.47. The van der Waals surface area contributed by atoms with Crippen LogP contribution in [0.25, 0.3) is 11.3 Å². The average Bonchev–Trinajstić information content (AvgIpc) is 2.18. The second kappa shape index (κ2) is 3.64. The van der Waals surface area contributed by atoms with Crippen LogP contribution in [0.4, 0.5) is 5.82 Å². The molecule has 2 heterocycles. The Bertz CT molecular complexity index is 413. The maximum atomic E-state index is 5.81. The molecule has 2 aromatic rings. The van der Waals surface area contributed by atoms with Crippen LogP contribution in [-0.4, -0.2) is 9.97 Å². The highest BCUT2D eigenvalue weighted by atomic mass is 35.5. The number of nitrogens with zero attached hydrogens (tertiary/aromatic N) is 2. The lowest BCUT2D eigenvalue weighted by Crippen LogP contribution is -1.91. The van der Waals surface area contributed by atoms with Gasteiger partial charge < -0.3 is 5.73 Å². The van der Waals surface area contributed by atoms with E-state index in [1.165, 1.54) is 0 Å². The van der Waals surface area contributed by atoms with Crippen LogP contribution in [0.5, 0.6) is 0 Å². The van der Waals surface area contributed by atoms with Gasteiger partial charge in [-0.2, -0.15) is 0 Å². The molecule has 0 aliphatic carbocycles. The Labute approximate surface area is 86.6 Å². The zero-order chi connectivity index (χ0) is 9.97. The van der Waals surface area contributed by atoms with Crippen molar-refractivity contribution in [2.75, 3.05) is 5.73 Å². The number of nitrogen functional groups attached to an aromatic ring is 1. The van der Waals surface area contributed by atoms with E-state index in [0.29, 0.717) is 10.8 Å². The van der Waals surface area contributed by atoms with Gasteiger partial charge in [-0.3, -0.25) is 4.98 Å². The molecule has 0 spiro atoms. The van der Waals surface area contributed by atoms with Crippen molar-refractivity contribution in [3.05, 3.63) is 41.7 Å². The third-order valence-electron chi connectivity index (χ3n) is 1.77. The van der Waals surface area contributed by atoms with Crippen molar-refractivity contribution < 1.29 is 0 Å². The molecule has 0 atom stereocenters. The smallest absolute Gasteiger partial charge is 0.124 e. The maximum absolute atomic E-state index is 5.81. The van der Waals surface area contributed by atoms with Crippen LogP contribution in [0.3, 0.4) is 0 Å². The van der Waals surface area contributed by atoms with Gasteiger partial charge in [-0.25, -0.2) is 4.98 Å². The normalized spacial score (nSPS) is 10.1. The average molecular weight is 206 g/mol. The van der Waals surface area contributed by atoms with Gasteiger partial charge in [-0.15, -0.1) is 0 Å². The summed E-state index contributed by atoms with van der Waals surface area (Å²) in [5.41, 5.74) is 7.21. The molecule has 0 amide bonds. The van der Waals surface area contributed by atoms with E-state index in [1.807, 2.05) is 12.1 Å². The first kappa shape index (κ1) is 8.97. The summed E-state index contributed by atoms with van der Waals surface area (Å²) in [6, 6.07) is 7.25. The quantitative estimate of drug-likeness (QED) is 0.778. The van der Waals surface area contributed by atoms with E-state index in [9.17, 15) is 0 Å². The SMILES string of the molecule is Nc1cccc(-c2cncc(Cl)c2)n1. The third-order valence-corrected chi connectivity index (χ3v) is 1.98. The van der Waals surface area contributed by atoms with Gasteiger partial charge in [-0.1, -0.05) is 17.7 Å². The topological polar surface area (TPSA) is 51.8 Å². The molecule has 0 aliphatic heterocycles. The molecule has 3 nitrogen and oxygen atoms in total. The molecule has 2 aromatic heterocycles. The van der Waals surface area contributed by atoms with Crippen LogP contribution >= 0.6 is 11.6 Å². The van der Waals surface area contributed by atoms with Gasteiger partial charge in [-0.05, 0) is 18.2 Å². The molecule has 0 aliphatic rings. The van der Waals surface area contributed by atoms with E-state index in [1.54, 1.807) is 24.5 Å². The molecular formula is C10H8ClN3. The van der Waals surface area contributed by atoms with Crippen molar-refractivity contribution in [2.45, 2.75) is 0 Å². The standard InChI is InChI=1S/C10H8ClN3/c11-8-4-7(5-13-6-8)9-2-1-3-10(12)14-9/h1-6H,(H2,12,14). The summed E-state index contributed by atoms with van der Waals surface area (Å²) < 4.78 is 0. The largest absolute Gasteiger partial charge is 0.384 e. The summed E-state index contributed by atoms with van der Waals surface area (Å²) in [6.45, 7) is 0. The van der Waals surface area contributed by atoms with Crippen LogP contribution < -0.4 is 5.73 Å². The molecule has 0 aromatic carbocycles. The van der Waals surface area contributed by atoms with Crippen LogP contribution in [-0.2, 0) is 0 Å². The number of anilines is 1. The van der Waals surface area contributed by atoms with Crippen molar-refractivity contribution in [3.8, 4) is 11.3 Å². The summed E-state index contributed by atoms with van der Waals surface area (Å²) in [4.78, 5) is 8.14. The van der Waals surface area contributed by atoms with Gasteiger partial charge >= 0.3 is 0 Å². The second-order valence-electron chi connectivity index (χ2n) is 2.84. The molecule has 2 N–H and O–H groups in total. The van der Waals surface area contributed by atoms with E-state index in [2.05, 4.69) is 9.97 Å². The minimum absolute atomic E-state index is 0.488. The van der Waals surface area contributed by atoms with Gasteiger partial charge in [0.25, 0.3) is 0 Å². The highest BCUT2D eigenvalue weighted by Crippen LogP contribution is 2.19. The van der Waals surface area contributed by atoms with Gasteiger partial charge in [0.15, 0.2) is 0 Å². The lowest BCUT2D eigenvalue weighted by molar-refractivity contribution is 1.28. The molecule has 0 unspecified atom stereocenters. The molecule has 0 fully saturated rings. The summed E-state index contributed by atoms with van der Waals surface area (Å²) in [5, 5.41) is 0.590. The Morgan fingerprint density at radius 2 is 2.07 bits per heavy atom. The summed E-state index contributed by atoms with van der Waals surface area (Å²) in [5.74, 6) is 0.488. The summed E-state index contributed by atoms with van der Waals surface area (Å²) >= 11 is 5.81. The summed E-state index contributed by atoms with van der Waals surface area (Å²) in [7, 11) is 0. The zero-order valence-corrected chi connectivity index (χ0v) is 8.07. The van der Waals surface area contributed by atoms with Crippen molar-refractivity contribution in [2.24, 2.45) is 0 Å². The van der Waals surface area contributed by atoms with Gasteiger partial charge in [0.1, 0.15) is 5.82 Å². The first-order valence-electron chi connectivity index (χ1n) is 4.09. The fraction of sp³-hybridized carbons (Fsp3) is 0. The highest BCUT2D eigenvalue weighted by molar-refractivity contribution is 6.30.